The monoisotopic (exact) mass is 444 g/mol. The molecule has 0 saturated heterocycles. The fourth-order valence-corrected chi connectivity index (χ4v) is 5.43. The summed E-state index contributed by atoms with van der Waals surface area (Å²) in [4.78, 5) is 0. The summed E-state index contributed by atoms with van der Waals surface area (Å²) in [7, 11) is 0. The molecule has 32 heavy (non-hydrogen) atoms. The SMILES string of the molecule is CC(C1(OCCO)C=CC=CC1)(C1(OCCO)C=CC=CC1)C1(OCCO)C=CC=CC1. The van der Waals surface area contributed by atoms with Crippen molar-refractivity contribution in [1.82, 2.24) is 0 Å². The zero-order valence-electron chi connectivity index (χ0n) is 18.9. The minimum Gasteiger partial charge on any atom is -0.394 e. The lowest BCUT2D eigenvalue weighted by atomic mass is 9.49. The Morgan fingerprint density at radius 1 is 0.594 bits per heavy atom. The Morgan fingerprint density at radius 3 is 1.12 bits per heavy atom. The van der Waals surface area contributed by atoms with Gasteiger partial charge in [-0.3, -0.25) is 0 Å². The molecule has 3 rings (SSSR count). The first-order valence-electron chi connectivity index (χ1n) is 11.3. The second-order valence-corrected chi connectivity index (χ2v) is 8.48. The standard InChI is InChI=1S/C26H36O6/c1-23(24(30-20-17-27)11-5-2-6-12-24,25(31-21-18-28)13-7-3-8-14-25)26(32-22-19-29)15-9-4-10-16-26/h2-11,13,15,27-29H,12,14,16-22H2,1H3. The first-order valence-corrected chi connectivity index (χ1v) is 11.3. The van der Waals surface area contributed by atoms with Crippen LogP contribution in [0.3, 0.4) is 0 Å². The molecule has 6 heteroatoms. The van der Waals surface area contributed by atoms with E-state index in [0.29, 0.717) is 19.3 Å². The lowest BCUT2D eigenvalue weighted by molar-refractivity contribution is -0.267. The van der Waals surface area contributed by atoms with Gasteiger partial charge >= 0.3 is 0 Å². The van der Waals surface area contributed by atoms with Crippen molar-refractivity contribution in [3.63, 3.8) is 0 Å². The van der Waals surface area contributed by atoms with Crippen LogP contribution >= 0.6 is 0 Å². The smallest absolute Gasteiger partial charge is 0.102 e. The third-order valence-electron chi connectivity index (χ3n) is 6.99. The average Bonchev–Trinajstić information content (AvgIpc) is 2.86. The number of aliphatic hydroxyl groups is 3. The van der Waals surface area contributed by atoms with E-state index in [9.17, 15) is 15.3 Å². The molecular weight excluding hydrogens is 408 g/mol. The molecule has 6 nitrogen and oxygen atoms in total. The lowest BCUT2D eigenvalue weighted by Gasteiger charge is -2.63. The molecule has 3 unspecified atom stereocenters. The fourth-order valence-electron chi connectivity index (χ4n) is 5.43. The highest BCUT2D eigenvalue weighted by molar-refractivity contribution is 5.39. The van der Waals surface area contributed by atoms with Crippen LogP contribution in [0, 0.1) is 5.41 Å². The Labute approximate surface area is 190 Å². The van der Waals surface area contributed by atoms with Crippen molar-refractivity contribution in [2.45, 2.75) is 43.0 Å². The van der Waals surface area contributed by atoms with Crippen molar-refractivity contribution in [1.29, 1.82) is 0 Å². The summed E-state index contributed by atoms with van der Waals surface area (Å²) in [5, 5.41) is 29.0. The third-order valence-corrected chi connectivity index (χ3v) is 6.99. The fraction of sp³-hybridized carbons (Fsp3) is 0.538. The Morgan fingerprint density at radius 2 is 0.906 bits per heavy atom. The largest absolute Gasteiger partial charge is 0.394 e. The van der Waals surface area contributed by atoms with Gasteiger partial charge in [0.05, 0.1) is 45.1 Å². The van der Waals surface area contributed by atoms with Gasteiger partial charge < -0.3 is 29.5 Å². The Bertz CT molecular complexity index is 692. The van der Waals surface area contributed by atoms with Crippen molar-refractivity contribution >= 4 is 0 Å². The maximum atomic E-state index is 9.66. The van der Waals surface area contributed by atoms with E-state index in [1.165, 1.54) is 0 Å². The molecule has 0 amide bonds. The highest BCUT2D eigenvalue weighted by Crippen LogP contribution is 2.61. The second-order valence-electron chi connectivity index (χ2n) is 8.48. The van der Waals surface area contributed by atoms with Crippen LogP contribution in [-0.2, 0) is 14.2 Å². The van der Waals surface area contributed by atoms with Gasteiger partial charge in [-0.1, -0.05) is 79.8 Å². The molecule has 0 aromatic rings. The third kappa shape index (κ3) is 4.23. The number of hydrogen-bond donors (Lipinski definition) is 3. The van der Waals surface area contributed by atoms with Crippen molar-refractivity contribution in [2.75, 3.05) is 39.6 Å². The molecule has 3 aliphatic rings. The summed E-state index contributed by atoms with van der Waals surface area (Å²) in [6, 6.07) is 0. The molecule has 3 aliphatic carbocycles. The summed E-state index contributed by atoms with van der Waals surface area (Å²) in [6.07, 6.45) is 25.8. The second kappa shape index (κ2) is 10.9. The number of aliphatic hydroxyl groups excluding tert-OH is 3. The molecule has 0 aromatic carbocycles. The minimum atomic E-state index is -0.888. The predicted molar refractivity (Wildman–Crippen MR) is 124 cm³/mol. The van der Waals surface area contributed by atoms with Crippen molar-refractivity contribution in [3.05, 3.63) is 72.9 Å². The van der Waals surface area contributed by atoms with Crippen LogP contribution in [0.4, 0.5) is 0 Å². The summed E-state index contributed by atoms with van der Waals surface area (Å²) in [6.45, 7) is 2.22. The number of allylic oxidation sites excluding steroid dienone is 6. The zero-order valence-corrected chi connectivity index (χ0v) is 18.9. The molecule has 3 N–H and O–H groups in total. The highest BCUT2D eigenvalue weighted by Gasteiger charge is 2.69. The van der Waals surface area contributed by atoms with E-state index in [0.717, 1.165) is 0 Å². The molecule has 0 heterocycles. The van der Waals surface area contributed by atoms with Gasteiger partial charge in [0.2, 0.25) is 0 Å². The van der Waals surface area contributed by atoms with Crippen LogP contribution in [0.1, 0.15) is 26.2 Å². The van der Waals surface area contributed by atoms with Crippen molar-refractivity contribution in [2.24, 2.45) is 5.41 Å². The summed E-state index contributed by atoms with van der Waals surface area (Å²) in [5.41, 5.74) is -3.53. The Kier molecular flexibility index (Phi) is 8.44. The normalized spacial score (nSPS) is 33.0. The number of ether oxygens (including phenoxy) is 3. The van der Waals surface area contributed by atoms with E-state index in [4.69, 9.17) is 14.2 Å². The molecule has 176 valence electrons. The van der Waals surface area contributed by atoms with Crippen LogP contribution in [0.15, 0.2) is 72.9 Å². The van der Waals surface area contributed by atoms with E-state index in [1.54, 1.807) is 0 Å². The highest BCUT2D eigenvalue weighted by atomic mass is 16.5. The first kappa shape index (κ1) is 24.8. The number of rotatable bonds is 12. The van der Waals surface area contributed by atoms with Gasteiger partial charge in [0.15, 0.2) is 0 Å². The maximum absolute atomic E-state index is 9.66. The summed E-state index contributed by atoms with van der Waals surface area (Å²) in [5.74, 6) is 0. The van der Waals surface area contributed by atoms with Crippen LogP contribution in [0.5, 0.6) is 0 Å². The molecule has 3 atom stereocenters. The summed E-state index contributed by atoms with van der Waals surface area (Å²) >= 11 is 0. The van der Waals surface area contributed by atoms with Crippen LogP contribution in [-0.4, -0.2) is 71.8 Å². The van der Waals surface area contributed by atoms with Gasteiger partial charge in [-0.2, -0.15) is 0 Å². The van der Waals surface area contributed by atoms with Gasteiger partial charge in [0.1, 0.15) is 16.8 Å². The average molecular weight is 445 g/mol. The van der Waals surface area contributed by atoms with E-state index >= 15 is 0 Å². The summed E-state index contributed by atoms with van der Waals surface area (Å²) < 4.78 is 19.5. The van der Waals surface area contributed by atoms with Crippen molar-refractivity contribution in [3.8, 4) is 0 Å². The molecule has 0 radical (unpaired) electrons. The van der Waals surface area contributed by atoms with Gasteiger partial charge in [0.25, 0.3) is 0 Å². The van der Waals surface area contributed by atoms with Crippen LogP contribution < -0.4 is 0 Å². The van der Waals surface area contributed by atoms with Crippen LogP contribution in [0.25, 0.3) is 0 Å². The van der Waals surface area contributed by atoms with Gasteiger partial charge in [0, 0.05) is 0 Å². The maximum Gasteiger partial charge on any atom is 0.102 e. The zero-order chi connectivity index (χ0) is 23.0. The lowest BCUT2D eigenvalue weighted by Crippen LogP contribution is -2.72. The van der Waals surface area contributed by atoms with E-state index in [2.05, 4.69) is 25.2 Å². The quantitative estimate of drug-likeness (QED) is 0.429. The van der Waals surface area contributed by atoms with E-state index in [-0.39, 0.29) is 39.6 Å². The molecule has 0 saturated carbocycles. The Hall–Kier alpha value is -1.80. The predicted octanol–water partition coefficient (Wildman–Crippen LogP) is 2.78. The topological polar surface area (TPSA) is 88.4 Å². The molecule has 0 bridgehead atoms. The van der Waals surface area contributed by atoms with Crippen molar-refractivity contribution < 1.29 is 29.5 Å². The van der Waals surface area contributed by atoms with Gasteiger partial charge in [-0.05, 0) is 19.3 Å². The first-order chi connectivity index (χ1) is 15.6. The van der Waals surface area contributed by atoms with E-state index < -0.39 is 22.2 Å². The Balaban J connectivity index is 2.28. The van der Waals surface area contributed by atoms with E-state index in [1.807, 2.05) is 54.7 Å². The number of hydrogen-bond acceptors (Lipinski definition) is 6. The molecule has 0 spiro atoms. The van der Waals surface area contributed by atoms with Gasteiger partial charge in [-0.25, -0.2) is 0 Å². The molecule has 0 fully saturated rings. The van der Waals surface area contributed by atoms with Crippen LogP contribution in [0.2, 0.25) is 0 Å². The molecular formula is C26H36O6. The minimum absolute atomic E-state index is 0.115. The molecule has 0 aliphatic heterocycles. The molecule has 0 aromatic heterocycles. The van der Waals surface area contributed by atoms with Gasteiger partial charge in [-0.15, -0.1) is 0 Å².